The molecular weight excluding hydrogens is 283 g/mol. The quantitative estimate of drug-likeness (QED) is 0.895. The molecule has 4 nitrogen and oxygen atoms in total. The van der Waals surface area contributed by atoms with E-state index in [4.69, 9.17) is 16.3 Å². The first-order chi connectivity index (χ1) is 9.40. The molecule has 0 radical (unpaired) electrons. The maximum Gasteiger partial charge on any atom is 0.251 e. The summed E-state index contributed by atoms with van der Waals surface area (Å²) in [6.07, 6.45) is -0.543. The highest BCUT2D eigenvalue weighted by Crippen LogP contribution is 2.25. The van der Waals surface area contributed by atoms with Crippen molar-refractivity contribution in [3.63, 3.8) is 0 Å². The maximum atomic E-state index is 14.0. The highest BCUT2D eigenvalue weighted by molar-refractivity contribution is 6.30. The van der Waals surface area contributed by atoms with Gasteiger partial charge in [0.2, 0.25) is 0 Å². The van der Waals surface area contributed by atoms with Crippen LogP contribution in [0.2, 0.25) is 5.02 Å². The van der Waals surface area contributed by atoms with Crippen LogP contribution in [0.3, 0.4) is 0 Å². The molecule has 0 unspecified atom stereocenters. The molecule has 110 valence electrons. The topological polar surface area (TPSA) is 50.4 Å². The number of ether oxygens (including phenoxy) is 1. The van der Waals surface area contributed by atoms with E-state index in [0.717, 1.165) is 6.54 Å². The third-order valence-corrected chi connectivity index (χ3v) is 3.50. The number of hydrogen-bond donors (Lipinski definition) is 2. The molecule has 0 spiro atoms. The fourth-order valence-electron chi connectivity index (χ4n) is 2.19. The molecule has 1 aromatic carbocycles. The second-order valence-electron chi connectivity index (χ2n) is 5.30. The van der Waals surface area contributed by atoms with Crippen molar-refractivity contribution in [1.29, 1.82) is 0 Å². The molecule has 0 bridgehead atoms. The molecule has 6 heteroatoms. The van der Waals surface area contributed by atoms with Gasteiger partial charge in [-0.05, 0) is 26.0 Å². The molecule has 0 aromatic heterocycles. The van der Waals surface area contributed by atoms with Crippen LogP contribution >= 0.6 is 11.6 Å². The van der Waals surface area contributed by atoms with Crippen molar-refractivity contribution >= 4 is 17.5 Å². The number of halogens is 2. The number of carbonyl (C=O) groups excluding carboxylic acids is 1. The lowest BCUT2D eigenvalue weighted by Crippen LogP contribution is -2.52. The van der Waals surface area contributed by atoms with E-state index in [1.54, 1.807) is 26.0 Å². The van der Waals surface area contributed by atoms with Crippen molar-refractivity contribution in [2.24, 2.45) is 0 Å². The fraction of sp³-hybridized carbons (Fsp3) is 0.500. The smallest absolute Gasteiger partial charge is 0.251 e. The molecule has 1 aromatic rings. The third kappa shape index (κ3) is 3.48. The van der Waals surface area contributed by atoms with Crippen LogP contribution in [-0.2, 0) is 15.1 Å². The lowest BCUT2D eigenvalue weighted by Gasteiger charge is -2.31. The highest BCUT2D eigenvalue weighted by Gasteiger charge is 2.30. The summed E-state index contributed by atoms with van der Waals surface area (Å²) in [6, 6.07) is 4.42. The summed E-state index contributed by atoms with van der Waals surface area (Å²) < 4.78 is 19.3. The van der Waals surface area contributed by atoms with Gasteiger partial charge in [0.15, 0.2) is 0 Å². The summed E-state index contributed by atoms with van der Waals surface area (Å²) in [5, 5.41) is 6.23. The standard InChI is InChI=1S/C14H18ClFN2O2/c1-14(2,10-4-3-9(15)7-11(10)16)18-13(19)12-8-17-5-6-20-12/h3-4,7,12,17H,5-6,8H2,1-2H3,(H,18,19)/t12-/m0/s1. The van der Waals surface area contributed by atoms with E-state index in [1.165, 1.54) is 6.07 Å². The molecule has 1 amide bonds. The Morgan fingerprint density at radius 2 is 2.30 bits per heavy atom. The summed E-state index contributed by atoms with van der Waals surface area (Å²) in [6.45, 7) is 5.18. The van der Waals surface area contributed by atoms with Crippen LogP contribution < -0.4 is 10.6 Å². The largest absolute Gasteiger partial charge is 0.366 e. The molecule has 0 saturated carbocycles. The molecule has 2 rings (SSSR count). The van der Waals surface area contributed by atoms with E-state index in [0.29, 0.717) is 23.7 Å². The van der Waals surface area contributed by atoms with Crippen molar-refractivity contribution < 1.29 is 13.9 Å². The van der Waals surface area contributed by atoms with Gasteiger partial charge in [0.25, 0.3) is 5.91 Å². The van der Waals surface area contributed by atoms with E-state index in [-0.39, 0.29) is 5.91 Å². The number of carbonyl (C=O) groups is 1. The molecule has 1 atom stereocenters. The molecular formula is C14H18ClFN2O2. The molecule has 1 fully saturated rings. The molecule has 2 N–H and O–H groups in total. The van der Waals surface area contributed by atoms with Gasteiger partial charge in [0, 0.05) is 23.7 Å². The zero-order valence-electron chi connectivity index (χ0n) is 11.5. The predicted octanol–water partition coefficient (Wildman–Crippen LogP) is 1.82. The Morgan fingerprint density at radius 3 is 2.90 bits per heavy atom. The monoisotopic (exact) mass is 300 g/mol. The normalized spacial score (nSPS) is 19.7. The van der Waals surface area contributed by atoms with Crippen molar-refractivity contribution in [1.82, 2.24) is 10.6 Å². The van der Waals surface area contributed by atoms with Gasteiger partial charge in [0.05, 0.1) is 12.1 Å². The summed E-state index contributed by atoms with van der Waals surface area (Å²) in [5.74, 6) is -0.693. The highest BCUT2D eigenvalue weighted by atomic mass is 35.5. The Balaban J connectivity index is 2.11. The first-order valence-electron chi connectivity index (χ1n) is 6.50. The van der Waals surface area contributed by atoms with Crippen LogP contribution in [0, 0.1) is 5.82 Å². The van der Waals surface area contributed by atoms with E-state index in [2.05, 4.69) is 10.6 Å². The van der Waals surface area contributed by atoms with Crippen molar-refractivity contribution in [3.8, 4) is 0 Å². The average Bonchev–Trinajstić information content (AvgIpc) is 2.38. The lowest BCUT2D eigenvalue weighted by molar-refractivity contribution is -0.136. The Hall–Kier alpha value is -1.17. The minimum atomic E-state index is -0.841. The zero-order valence-corrected chi connectivity index (χ0v) is 12.3. The van der Waals surface area contributed by atoms with E-state index < -0.39 is 17.5 Å². The molecule has 0 aliphatic carbocycles. The predicted molar refractivity (Wildman–Crippen MR) is 75.2 cm³/mol. The second kappa shape index (κ2) is 6.08. The van der Waals surface area contributed by atoms with Crippen LogP contribution in [0.4, 0.5) is 4.39 Å². The minimum absolute atomic E-state index is 0.253. The van der Waals surface area contributed by atoms with Gasteiger partial charge in [-0.25, -0.2) is 4.39 Å². The first-order valence-corrected chi connectivity index (χ1v) is 6.88. The van der Waals surface area contributed by atoms with Crippen LogP contribution in [0.5, 0.6) is 0 Å². The fourth-order valence-corrected chi connectivity index (χ4v) is 2.34. The summed E-state index contributed by atoms with van der Waals surface area (Å²) in [5.41, 5.74) is -0.453. The zero-order chi connectivity index (χ0) is 14.8. The molecule has 1 aliphatic heterocycles. The number of amides is 1. The van der Waals surface area contributed by atoms with Crippen molar-refractivity contribution in [2.45, 2.75) is 25.5 Å². The maximum absolute atomic E-state index is 14.0. The Kier molecular flexibility index (Phi) is 4.62. The third-order valence-electron chi connectivity index (χ3n) is 3.26. The van der Waals surface area contributed by atoms with Gasteiger partial charge in [0.1, 0.15) is 11.9 Å². The number of hydrogen-bond acceptors (Lipinski definition) is 3. The summed E-state index contributed by atoms with van der Waals surface area (Å²) >= 11 is 5.74. The molecule has 1 heterocycles. The molecule has 1 aliphatic rings. The minimum Gasteiger partial charge on any atom is -0.366 e. The Morgan fingerprint density at radius 1 is 1.55 bits per heavy atom. The second-order valence-corrected chi connectivity index (χ2v) is 5.74. The van der Waals surface area contributed by atoms with Crippen LogP contribution in [0.1, 0.15) is 19.4 Å². The Bertz CT molecular complexity index is 502. The number of morpholine rings is 1. The SMILES string of the molecule is CC(C)(NC(=O)[C@@H]1CNCCO1)c1ccc(Cl)cc1F. The van der Waals surface area contributed by atoms with Gasteiger partial charge < -0.3 is 15.4 Å². The van der Waals surface area contributed by atoms with Gasteiger partial charge in [-0.1, -0.05) is 17.7 Å². The number of nitrogens with one attached hydrogen (secondary N) is 2. The van der Waals surface area contributed by atoms with Gasteiger partial charge in [-0.3, -0.25) is 4.79 Å². The van der Waals surface area contributed by atoms with Crippen molar-refractivity contribution in [2.75, 3.05) is 19.7 Å². The molecule has 20 heavy (non-hydrogen) atoms. The van der Waals surface area contributed by atoms with E-state index >= 15 is 0 Å². The number of rotatable bonds is 3. The summed E-state index contributed by atoms with van der Waals surface area (Å²) in [4.78, 5) is 12.1. The van der Waals surface area contributed by atoms with Crippen LogP contribution in [0.15, 0.2) is 18.2 Å². The van der Waals surface area contributed by atoms with Gasteiger partial charge in [-0.15, -0.1) is 0 Å². The number of benzene rings is 1. The van der Waals surface area contributed by atoms with Crippen LogP contribution in [-0.4, -0.2) is 31.7 Å². The summed E-state index contributed by atoms with van der Waals surface area (Å²) in [7, 11) is 0. The average molecular weight is 301 g/mol. The lowest BCUT2D eigenvalue weighted by atomic mass is 9.93. The van der Waals surface area contributed by atoms with Crippen LogP contribution in [0.25, 0.3) is 0 Å². The Labute approximate surface area is 122 Å². The first kappa shape index (κ1) is 15.2. The van der Waals surface area contributed by atoms with Gasteiger partial charge >= 0.3 is 0 Å². The molecule has 1 saturated heterocycles. The van der Waals surface area contributed by atoms with E-state index in [9.17, 15) is 9.18 Å². The van der Waals surface area contributed by atoms with Crippen molar-refractivity contribution in [3.05, 3.63) is 34.6 Å². The van der Waals surface area contributed by atoms with E-state index in [1.807, 2.05) is 0 Å². The van der Waals surface area contributed by atoms with Gasteiger partial charge in [-0.2, -0.15) is 0 Å².